The average Bonchev–Trinajstić information content (AvgIpc) is 2.85. The molecule has 96 valence electrons. The fourth-order valence-corrected chi connectivity index (χ4v) is 2.21. The standard InChI is InChI=1S/C13H22N2O2/c14-5-1-8-17-13-2-6-15(7-3-13)10-12-4-9-16-11-12/h4,9,11,13H,1-3,5-8,10,14H2. The predicted molar refractivity (Wildman–Crippen MR) is 66.6 cm³/mol. The Balaban J connectivity index is 1.64. The number of piperidine rings is 1. The van der Waals surface area contributed by atoms with Gasteiger partial charge in [-0.1, -0.05) is 0 Å². The van der Waals surface area contributed by atoms with Gasteiger partial charge in [-0.25, -0.2) is 0 Å². The van der Waals surface area contributed by atoms with Gasteiger partial charge in [-0.2, -0.15) is 0 Å². The lowest BCUT2D eigenvalue weighted by Gasteiger charge is -2.31. The minimum atomic E-state index is 0.433. The van der Waals surface area contributed by atoms with Crippen molar-refractivity contribution in [2.24, 2.45) is 5.73 Å². The topological polar surface area (TPSA) is 51.6 Å². The second-order valence-electron chi connectivity index (χ2n) is 4.62. The van der Waals surface area contributed by atoms with Crippen LogP contribution in [0.25, 0.3) is 0 Å². The zero-order chi connectivity index (χ0) is 11.9. The molecule has 0 unspecified atom stereocenters. The van der Waals surface area contributed by atoms with Crippen LogP contribution < -0.4 is 5.73 Å². The normalized spacial score (nSPS) is 18.6. The van der Waals surface area contributed by atoms with Crippen molar-refractivity contribution in [2.75, 3.05) is 26.2 Å². The van der Waals surface area contributed by atoms with Crippen molar-refractivity contribution in [1.82, 2.24) is 4.90 Å². The second-order valence-corrected chi connectivity index (χ2v) is 4.62. The molecule has 0 atom stereocenters. The van der Waals surface area contributed by atoms with E-state index in [1.54, 1.807) is 6.26 Å². The summed E-state index contributed by atoms with van der Waals surface area (Å²) in [7, 11) is 0. The third-order valence-electron chi connectivity index (χ3n) is 3.22. The highest BCUT2D eigenvalue weighted by Gasteiger charge is 2.19. The first-order chi connectivity index (χ1) is 8.38. The van der Waals surface area contributed by atoms with Crippen LogP contribution in [0.5, 0.6) is 0 Å². The minimum Gasteiger partial charge on any atom is -0.472 e. The minimum absolute atomic E-state index is 0.433. The van der Waals surface area contributed by atoms with Gasteiger partial charge in [0, 0.05) is 31.8 Å². The Bertz CT molecular complexity index is 292. The summed E-state index contributed by atoms with van der Waals surface area (Å²) in [6.07, 6.45) is 7.21. The van der Waals surface area contributed by atoms with Gasteiger partial charge in [0.05, 0.1) is 18.6 Å². The molecule has 2 heterocycles. The molecule has 0 bridgehead atoms. The van der Waals surface area contributed by atoms with E-state index in [-0.39, 0.29) is 0 Å². The molecule has 0 amide bonds. The van der Waals surface area contributed by atoms with Crippen LogP contribution in [-0.2, 0) is 11.3 Å². The number of likely N-dealkylation sites (tertiary alicyclic amines) is 1. The summed E-state index contributed by atoms with van der Waals surface area (Å²) < 4.78 is 10.9. The van der Waals surface area contributed by atoms with Gasteiger partial charge in [-0.3, -0.25) is 4.90 Å². The van der Waals surface area contributed by atoms with Crippen molar-refractivity contribution in [3.8, 4) is 0 Å². The third-order valence-corrected chi connectivity index (χ3v) is 3.22. The van der Waals surface area contributed by atoms with Gasteiger partial charge in [0.1, 0.15) is 0 Å². The van der Waals surface area contributed by atoms with E-state index >= 15 is 0 Å². The maximum absolute atomic E-state index is 5.78. The molecule has 4 heteroatoms. The van der Waals surface area contributed by atoms with E-state index in [2.05, 4.69) is 4.90 Å². The lowest BCUT2D eigenvalue weighted by molar-refractivity contribution is 0.00561. The largest absolute Gasteiger partial charge is 0.472 e. The number of furan rings is 1. The Hall–Kier alpha value is -0.840. The van der Waals surface area contributed by atoms with Crippen molar-refractivity contribution >= 4 is 0 Å². The summed E-state index contributed by atoms with van der Waals surface area (Å²) in [5.74, 6) is 0. The summed E-state index contributed by atoms with van der Waals surface area (Å²) in [6.45, 7) is 4.74. The van der Waals surface area contributed by atoms with Crippen LogP contribution in [-0.4, -0.2) is 37.2 Å². The SMILES string of the molecule is NCCCOC1CCN(Cc2ccoc2)CC1. The summed E-state index contributed by atoms with van der Waals surface area (Å²) in [4.78, 5) is 2.45. The van der Waals surface area contributed by atoms with Gasteiger partial charge < -0.3 is 14.9 Å². The number of rotatable bonds is 6. The molecule has 0 saturated carbocycles. The van der Waals surface area contributed by atoms with Crippen molar-refractivity contribution < 1.29 is 9.15 Å². The molecule has 17 heavy (non-hydrogen) atoms. The van der Waals surface area contributed by atoms with Gasteiger partial charge in [0.15, 0.2) is 0 Å². The zero-order valence-electron chi connectivity index (χ0n) is 10.3. The Labute approximate surface area is 103 Å². The molecule has 0 aromatic carbocycles. The summed E-state index contributed by atoms with van der Waals surface area (Å²) in [5.41, 5.74) is 6.70. The van der Waals surface area contributed by atoms with Gasteiger partial charge >= 0.3 is 0 Å². The highest BCUT2D eigenvalue weighted by atomic mass is 16.5. The van der Waals surface area contributed by atoms with Crippen molar-refractivity contribution in [3.63, 3.8) is 0 Å². The van der Waals surface area contributed by atoms with E-state index in [0.717, 1.165) is 52.0 Å². The molecule has 0 radical (unpaired) electrons. The van der Waals surface area contributed by atoms with Gasteiger partial charge in [-0.15, -0.1) is 0 Å². The van der Waals surface area contributed by atoms with Crippen molar-refractivity contribution in [2.45, 2.75) is 31.9 Å². The molecule has 0 spiro atoms. The Morgan fingerprint density at radius 1 is 1.41 bits per heavy atom. The highest BCUT2D eigenvalue weighted by Crippen LogP contribution is 2.16. The van der Waals surface area contributed by atoms with Crippen molar-refractivity contribution in [1.29, 1.82) is 0 Å². The van der Waals surface area contributed by atoms with Crippen LogP contribution in [0.4, 0.5) is 0 Å². The van der Waals surface area contributed by atoms with Gasteiger partial charge in [-0.05, 0) is 31.9 Å². The van der Waals surface area contributed by atoms with Crippen LogP contribution in [0.3, 0.4) is 0 Å². The van der Waals surface area contributed by atoms with Crippen molar-refractivity contribution in [3.05, 3.63) is 24.2 Å². The average molecular weight is 238 g/mol. The first-order valence-corrected chi connectivity index (χ1v) is 6.43. The predicted octanol–water partition coefficient (Wildman–Crippen LogP) is 1.61. The van der Waals surface area contributed by atoms with Crippen LogP contribution >= 0.6 is 0 Å². The Morgan fingerprint density at radius 2 is 2.24 bits per heavy atom. The molecule has 1 fully saturated rings. The maximum Gasteiger partial charge on any atom is 0.0947 e. The molecule has 1 aromatic heterocycles. The molecule has 4 nitrogen and oxygen atoms in total. The van der Waals surface area contributed by atoms with Crippen LogP contribution in [0, 0.1) is 0 Å². The van der Waals surface area contributed by atoms with Gasteiger partial charge in [0.2, 0.25) is 0 Å². The van der Waals surface area contributed by atoms with Crippen LogP contribution in [0.1, 0.15) is 24.8 Å². The fraction of sp³-hybridized carbons (Fsp3) is 0.692. The van der Waals surface area contributed by atoms with E-state index in [1.807, 2.05) is 12.3 Å². The zero-order valence-corrected chi connectivity index (χ0v) is 10.3. The first-order valence-electron chi connectivity index (χ1n) is 6.43. The number of ether oxygens (including phenoxy) is 1. The Morgan fingerprint density at radius 3 is 2.88 bits per heavy atom. The van der Waals surface area contributed by atoms with E-state index in [0.29, 0.717) is 6.10 Å². The highest BCUT2D eigenvalue weighted by molar-refractivity contribution is 5.05. The monoisotopic (exact) mass is 238 g/mol. The first kappa shape index (κ1) is 12.6. The second kappa shape index (κ2) is 6.79. The lowest BCUT2D eigenvalue weighted by atomic mass is 10.1. The molecule has 1 aliphatic rings. The molecular weight excluding hydrogens is 216 g/mol. The van der Waals surface area contributed by atoms with E-state index in [1.165, 1.54) is 5.56 Å². The van der Waals surface area contributed by atoms with E-state index < -0.39 is 0 Å². The molecule has 1 aromatic rings. The number of hydrogen-bond donors (Lipinski definition) is 1. The van der Waals surface area contributed by atoms with E-state index in [9.17, 15) is 0 Å². The molecular formula is C13H22N2O2. The summed E-state index contributed by atoms with van der Waals surface area (Å²) in [6, 6.07) is 2.03. The number of hydrogen-bond acceptors (Lipinski definition) is 4. The quantitative estimate of drug-likeness (QED) is 0.765. The molecule has 1 saturated heterocycles. The Kier molecular flexibility index (Phi) is 5.04. The summed E-state index contributed by atoms with van der Waals surface area (Å²) >= 11 is 0. The smallest absolute Gasteiger partial charge is 0.0947 e. The summed E-state index contributed by atoms with van der Waals surface area (Å²) in [5, 5.41) is 0. The molecule has 2 N–H and O–H groups in total. The fourth-order valence-electron chi connectivity index (χ4n) is 2.21. The lowest BCUT2D eigenvalue weighted by Crippen LogP contribution is -2.36. The van der Waals surface area contributed by atoms with Gasteiger partial charge in [0.25, 0.3) is 0 Å². The molecule has 2 rings (SSSR count). The molecule has 0 aliphatic carbocycles. The van der Waals surface area contributed by atoms with Crippen LogP contribution in [0.2, 0.25) is 0 Å². The van der Waals surface area contributed by atoms with Crippen LogP contribution in [0.15, 0.2) is 23.0 Å². The molecule has 1 aliphatic heterocycles. The third kappa shape index (κ3) is 4.15. The number of nitrogens with zero attached hydrogens (tertiary/aromatic N) is 1. The number of nitrogens with two attached hydrogens (primary N) is 1. The maximum atomic E-state index is 5.78. The van der Waals surface area contributed by atoms with E-state index in [4.69, 9.17) is 14.9 Å².